The smallest absolute Gasteiger partial charge is 0.266 e. The average molecular weight is 269 g/mol. The molecule has 0 radical (unpaired) electrons. The molecule has 1 aromatic heterocycles. The molecule has 0 atom stereocenters. The number of rotatable bonds is 2. The van der Waals surface area contributed by atoms with Crippen LogP contribution in [0.4, 0.5) is 0 Å². The molecule has 0 amide bonds. The molecule has 2 rings (SSSR count). The maximum atomic E-state index is 11.3. The third-order valence-electron chi connectivity index (χ3n) is 2.71. The first-order valence-corrected chi connectivity index (χ1v) is 7.37. The molecular weight excluding hydrogens is 259 g/mol. The topological polar surface area (TPSA) is 62.8 Å². The van der Waals surface area contributed by atoms with Crippen LogP contribution in [0.25, 0.3) is 0 Å². The van der Waals surface area contributed by atoms with Gasteiger partial charge in [-0.25, -0.2) is 8.42 Å². The van der Waals surface area contributed by atoms with Crippen LogP contribution in [0.5, 0.6) is 0 Å². The molecule has 0 aromatic carbocycles. The summed E-state index contributed by atoms with van der Waals surface area (Å²) in [5.41, 5.74) is 0.563. The van der Waals surface area contributed by atoms with Gasteiger partial charge in [0.05, 0.1) is 5.69 Å². The summed E-state index contributed by atoms with van der Waals surface area (Å²) in [5.74, 6) is 0.188. The Morgan fingerprint density at radius 2 is 1.93 bits per heavy atom. The molecule has 1 N–H and O–H groups in total. The zero-order chi connectivity index (χ0) is 11.1. The summed E-state index contributed by atoms with van der Waals surface area (Å²) in [6, 6.07) is 0. The largest absolute Gasteiger partial charge is 0.279 e. The second kappa shape index (κ2) is 3.96. The zero-order valence-corrected chi connectivity index (χ0v) is 10.2. The summed E-state index contributed by atoms with van der Waals surface area (Å²) in [7, 11) is 1.50. The Kier molecular flexibility index (Phi) is 2.96. The van der Waals surface area contributed by atoms with E-state index in [1.54, 1.807) is 0 Å². The molecule has 1 saturated carbocycles. The number of aromatic amines is 1. The highest BCUT2D eigenvalue weighted by atomic mass is 35.7. The first kappa shape index (κ1) is 11.2. The lowest BCUT2D eigenvalue weighted by Crippen LogP contribution is -2.00. The molecular formula is C8H10Cl2N2O2S. The number of hydrogen-bond acceptors (Lipinski definition) is 3. The molecule has 0 saturated heterocycles. The van der Waals surface area contributed by atoms with Gasteiger partial charge in [0.2, 0.25) is 0 Å². The maximum Gasteiger partial charge on any atom is 0.266 e. The van der Waals surface area contributed by atoms with Crippen molar-refractivity contribution in [2.45, 2.75) is 36.5 Å². The normalized spacial score (nSPS) is 18.5. The molecule has 1 aliphatic rings. The van der Waals surface area contributed by atoms with Crippen molar-refractivity contribution in [1.29, 1.82) is 0 Å². The number of H-pyrrole nitrogens is 1. The van der Waals surface area contributed by atoms with Crippen LogP contribution in [0, 0.1) is 0 Å². The minimum absolute atomic E-state index is 0.0438. The highest BCUT2D eigenvalue weighted by Gasteiger charge is 2.29. The van der Waals surface area contributed by atoms with Gasteiger partial charge in [0.25, 0.3) is 9.05 Å². The molecule has 7 heteroatoms. The first-order chi connectivity index (χ1) is 7.00. The van der Waals surface area contributed by atoms with Gasteiger partial charge in [0, 0.05) is 16.6 Å². The van der Waals surface area contributed by atoms with Crippen molar-refractivity contribution in [3.05, 3.63) is 10.8 Å². The van der Waals surface area contributed by atoms with E-state index in [1.165, 1.54) is 0 Å². The summed E-state index contributed by atoms with van der Waals surface area (Å²) in [6.07, 6.45) is 4.11. The molecule has 4 nitrogen and oxygen atoms in total. The SMILES string of the molecule is O=S(=O)(Cl)c1c(Cl)n[nH]c1C1CCCC1. The van der Waals surface area contributed by atoms with Crippen molar-refractivity contribution in [1.82, 2.24) is 10.2 Å². The summed E-state index contributed by atoms with van der Waals surface area (Å²) in [4.78, 5) is -0.0438. The van der Waals surface area contributed by atoms with Gasteiger partial charge in [0.15, 0.2) is 5.15 Å². The van der Waals surface area contributed by atoms with Gasteiger partial charge in [-0.05, 0) is 12.8 Å². The quantitative estimate of drug-likeness (QED) is 0.839. The fraction of sp³-hybridized carbons (Fsp3) is 0.625. The Hall–Kier alpha value is -0.260. The molecule has 1 fully saturated rings. The Balaban J connectivity index is 2.48. The Morgan fingerprint density at radius 3 is 2.47 bits per heavy atom. The fourth-order valence-corrected chi connectivity index (χ4v) is 3.80. The molecule has 1 aliphatic carbocycles. The van der Waals surface area contributed by atoms with Crippen molar-refractivity contribution in [3.8, 4) is 0 Å². The number of nitrogens with zero attached hydrogens (tertiary/aromatic N) is 1. The van der Waals surface area contributed by atoms with E-state index in [9.17, 15) is 8.42 Å². The maximum absolute atomic E-state index is 11.3. The van der Waals surface area contributed by atoms with Crippen molar-refractivity contribution in [2.75, 3.05) is 0 Å². The summed E-state index contributed by atoms with van der Waals surface area (Å²) >= 11 is 5.70. The lowest BCUT2D eigenvalue weighted by Gasteiger charge is -2.07. The van der Waals surface area contributed by atoms with Gasteiger partial charge in [-0.15, -0.1) is 0 Å². The summed E-state index contributed by atoms with van der Waals surface area (Å²) < 4.78 is 22.6. The summed E-state index contributed by atoms with van der Waals surface area (Å²) in [6.45, 7) is 0. The predicted molar refractivity (Wildman–Crippen MR) is 57.8 cm³/mol. The van der Waals surface area contributed by atoms with Gasteiger partial charge in [0.1, 0.15) is 4.90 Å². The molecule has 15 heavy (non-hydrogen) atoms. The van der Waals surface area contributed by atoms with Crippen molar-refractivity contribution < 1.29 is 8.42 Å². The Morgan fingerprint density at radius 1 is 1.33 bits per heavy atom. The van der Waals surface area contributed by atoms with E-state index in [-0.39, 0.29) is 16.0 Å². The van der Waals surface area contributed by atoms with Gasteiger partial charge in [-0.3, -0.25) is 5.10 Å². The first-order valence-electron chi connectivity index (χ1n) is 4.68. The Labute approximate surface area is 97.4 Å². The van der Waals surface area contributed by atoms with E-state index in [2.05, 4.69) is 10.2 Å². The third kappa shape index (κ3) is 2.14. The second-order valence-corrected chi connectivity index (χ2v) is 6.54. The zero-order valence-electron chi connectivity index (χ0n) is 7.83. The number of hydrogen-bond donors (Lipinski definition) is 1. The Bertz CT molecular complexity index is 463. The van der Waals surface area contributed by atoms with E-state index in [0.29, 0.717) is 5.69 Å². The van der Waals surface area contributed by atoms with Crippen molar-refractivity contribution >= 4 is 31.3 Å². The van der Waals surface area contributed by atoms with Gasteiger partial charge >= 0.3 is 0 Å². The van der Waals surface area contributed by atoms with E-state index in [1.807, 2.05) is 0 Å². The fourth-order valence-electron chi connectivity index (χ4n) is 2.05. The van der Waals surface area contributed by atoms with Crippen LogP contribution < -0.4 is 0 Å². The van der Waals surface area contributed by atoms with Crippen molar-refractivity contribution in [3.63, 3.8) is 0 Å². The standard InChI is InChI=1S/C8H10Cl2N2O2S/c9-8-7(15(10,13)14)6(11-12-8)5-3-1-2-4-5/h5H,1-4H2,(H,11,12). The van der Waals surface area contributed by atoms with Crippen LogP contribution in [0.15, 0.2) is 4.90 Å². The molecule has 0 spiro atoms. The van der Waals surface area contributed by atoms with E-state index in [0.717, 1.165) is 25.7 Å². The lowest BCUT2D eigenvalue weighted by atomic mass is 10.1. The molecule has 0 unspecified atom stereocenters. The van der Waals surface area contributed by atoms with Gasteiger partial charge < -0.3 is 0 Å². The number of aromatic nitrogens is 2. The molecule has 1 heterocycles. The van der Waals surface area contributed by atoms with Crippen LogP contribution in [-0.2, 0) is 9.05 Å². The summed E-state index contributed by atoms with van der Waals surface area (Å²) in [5, 5.41) is 6.32. The minimum atomic E-state index is -3.81. The van der Waals surface area contributed by atoms with Gasteiger partial charge in [-0.2, -0.15) is 5.10 Å². The van der Waals surface area contributed by atoms with Crippen LogP contribution in [0.3, 0.4) is 0 Å². The van der Waals surface area contributed by atoms with Crippen LogP contribution >= 0.6 is 22.3 Å². The lowest BCUT2D eigenvalue weighted by molar-refractivity contribution is 0.604. The van der Waals surface area contributed by atoms with E-state index < -0.39 is 9.05 Å². The van der Waals surface area contributed by atoms with E-state index in [4.69, 9.17) is 22.3 Å². The molecule has 84 valence electrons. The average Bonchev–Trinajstić information content (AvgIpc) is 2.68. The number of halogens is 2. The molecule has 1 aromatic rings. The van der Waals surface area contributed by atoms with Crippen LogP contribution in [0.2, 0.25) is 5.15 Å². The minimum Gasteiger partial charge on any atom is -0.279 e. The molecule has 0 aliphatic heterocycles. The van der Waals surface area contributed by atoms with Crippen LogP contribution in [0.1, 0.15) is 37.3 Å². The second-order valence-electron chi connectivity index (χ2n) is 3.68. The predicted octanol–water partition coefficient (Wildman–Crippen LogP) is 2.65. The van der Waals surface area contributed by atoms with Gasteiger partial charge in [-0.1, -0.05) is 24.4 Å². The monoisotopic (exact) mass is 268 g/mol. The molecule has 0 bridgehead atoms. The highest BCUT2D eigenvalue weighted by Crippen LogP contribution is 2.39. The third-order valence-corrected chi connectivity index (χ3v) is 4.46. The van der Waals surface area contributed by atoms with Crippen LogP contribution in [-0.4, -0.2) is 18.6 Å². The number of nitrogens with one attached hydrogen (secondary N) is 1. The van der Waals surface area contributed by atoms with E-state index >= 15 is 0 Å². The van der Waals surface area contributed by atoms with Crippen molar-refractivity contribution in [2.24, 2.45) is 0 Å². The highest BCUT2D eigenvalue weighted by molar-refractivity contribution is 8.13.